The first-order valence-corrected chi connectivity index (χ1v) is 5.46. The molecule has 0 aliphatic rings. The van der Waals surface area contributed by atoms with Crippen LogP contribution in [-0.4, -0.2) is 22.7 Å². The van der Waals surface area contributed by atoms with Gasteiger partial charge in [-0.3, -0.25) is 10.1 Å². The van der Waals surface area contributed by atoms with E-state index >= 15 is 0 Å². The molecule has 6 heteroatoms. The van der Waals surface area contributed by atoms with E-state index < -0.39 is 4.92 Å². The van der Waals surface area contributed by atoms with Gasteiger partial charge in [0.2, 0.25) is 0 Å². The fourth-order valence-electron chi connectivity index (χ4n) is 1.47. The van der Waals surface area contributed by atoms with Gasteiger partial charge in [-0.1, -0.05) is 0 Å². The minimum atomic E-state index is -0.475. The molecular formula is C11H17N3O3. The van der Waals surface area contributed by atoms with Crippen molar-refractivity contribution in [3.63, 3.8) is 0 Å². The number of nitrogens with zero attached hydrogens (tertiary/aromatic N) is 1. The van der Waals surface area contributed by atoms with Gasteiger partial charge in [0.15, 0.2) is 0 Å². The van der Waals surface area contributed by atoms with E-state index in [4.69, 9.17) is 10.8 Å². The molecular weight excluding hydrogens is 222 g/mol. The molecule has 0 aliphatic heterocycles. The number of nitro benzene ring substituents is 1. The topological polar surface area (TPSA) is 101 Å². The molecule has 0 saturated heterocycles. The minimum Gasteiger partial charge on any atom is -0.398 e. The third-order valence-corrected chi connectivity index (χ3v) is 2.28. The number of nitrogens with one attached hydrogen (secondary N) is 1. The Morgan fingerprint density at radius 3 is 2.82 bits per heavy atom. The van der Waals surface area contributed by atoms with Gasteiger partial charge in [0.25, 0.3) is 5.69 Å². The molecule has 0 aliphatic carbocycles. The van der Waals surface area contributed by atoms with Crippen LogP contribution in [0.15, 0.2) is 18.2 Å². The highest BCUT2D eigenvalue weighted by molar-refractivity contribution is 5.61. The quantitative estimate of drug-likeness (QED) is 0.304. The van der Waals surface area contributed by atoms with E-state index in [2.05, 4.69) is 5.32 Å². The van der Waals surface area contributed by atoms with E-state index in [0.29, 0.717) is 24.3 Å². The molecule has 1 rings (SSSR count). The summed E-state index contributed by atoms with van der Waals surface area (Å²) in [6.45, 7) is 2.37. The Balaban J connectivity index is 2.56. The van der Waals surface area contributed by atoms with Gasteiger partial charge in [0.1, 0.15) is 0 Å². The van der Waals surface area contributed by atoms with Gasteiger partial charge < -0.3 is 16.2 Å². The van der Waals surface area contributed by atoms with Crippen molar-refractivity contribution >= 4 is 17.1 Å². The third-order valence-electron chi connectivity index (χ3n) is 2.28. The van der Waals surface area contributed by atoms with Crippen LogP contribution in [0, 0.1) is 10.1 Å². The van der Waals surface area contributed by atoms with Crippen molar-refractivity contribution < 1.29 is 10.0 Å². The predicted molar refractivity (Wildman–Crippen MR) is 66.9 cm³/mol. The highest BCUT2D eigenvalue weighted by Crippen LogP contribution is 2.22. The molecule has 1 atom stereocenters. The number of hydrogen-bond acceptors (Lipinski definition) is 5. The number of anilines is 2. The Labute approximate surface area is 99.6 Å². The average molecular weight is 239 g/mol. The van der Waals surface area contributed by atoms with Crippen molar-refractivity contribution in [2.24, 2.45) is 0 Å². The van der Waals surface area contributed by atoms with Gasteiger partial charge in [-0.2, -0.15) is 0 Å². The maximum absolute atomic E-state index is 10.6. The van der Waals surface area contributed by atoms with Crippen LogP contribution in [0.4, 0.5) is 17.1 Å². The zero-order valence-electron chi connectivity index (χ0n) is 9.72. The van der Waals surface area contributed by atoms with Crippen molar-refractivity contribution in [1.82, 2.24) is 0 Å². The molecule has 1 aromatic carbocycles. The molecule has 4 N–H and O–H groups in total. The summed E-state index contributed by atoms with van der Waals surface area (Å²) in [6, 6.07) is 4.41. The van der Waals surface area contributed by atoms with Crippen LogP contribution in [0.2, 0.25) is 0 Å². The Morgan fingerprint density at radius 2 is 2.24 bits per heavy atom. The second kappa shape index (κ2) is 6.05. The van der Waals surface area contributed by atoms with Gasteiger partial charge in [-0.25, -0.2) is 0 Å². The van der Waals surface area contributed by atoms with Crippen molar-refractivity contribution in [2.75, 3.05) is 17.6 Å². The zero-order valence-corrected chi connectivity index (χ0v) is 9.72. The van der Waals surface area contributed by atoms with Crippen molar-refractivity contribution in [2.45, 2.75) is 25.9 Å². The largest absolute Gasteiger partial charge is 0.398 e. The summed E-state index contributed by atoms with van der Waals surface area (Å²) < 4.78 is 0. The van der Waals surface area contributed by atoms with E-state index in [1.807, 2.05) is 0 Å². The molecule has 94 valence electrons. The predicted octanol–water partition coefficient (Wildman–Crippen LogP) is 1.75. The summed E-state index contributed by atoms with van der Waals surface area (Å²) in [6.07, 6.45) is 1.16. The first kappa shape index (κ1) is 13.2. The monoisotopic (exact) mass is 239 g/mol. The van der Waals surface area contributed by atoms with Gasteiger partial charge in [-0.15, -0.1) is 0 Å². The lowest BCUT2D eigenvalue weighted by atomic mass is 10.2. The number of benzene rings is 1. The molecule has 0 heterocycles. The van der Waals surface area contributed by atoms with Crippen LogP contribution in [0.1, 0.15) is 19.8 Å². The minimum absolute atomic E-state index is 0.0250. The fraction of sp³-hybridized carbons (Fsp3) is 0.455. The SMILES string of the molecule is CC(O)CCCNc1cc(N)cc([N+](=O)[O-])c1. The molecule has 0 radical (unpaired) electrons. The number of nitrogens with two attached hydrogens (primary N) is 1. The van der Waals surface area contributed by atoms with E-state index in [1.165, 1.54) is 12.1 Å². The summed E-state index contributed by atoms with van der Waals surface area (Å²) in [7, 11) is 0. The smallest absolute Gasteiger partial charge is 0.273 e. The van der Waals surface area contributed by atoms with Crippen LogP contribution in [0.3, 0.4) is 0 Å². The fourth-order valence-corrected chi connectivity index (χ4v) is 1.47. The van der Waals surface area contributed by atoms with Gasteiger partial charge in [0, 0.05) is 30.1 Å². The Hall–Kier alpha value is -1.82. The summed E-state index contributed by atoms with van der Waals surface area (Å²) in [5.41, 5.74) is 6.53. The maximum Gasteiger partial charge on any atom is 0.273 e. The first-order valence-electron chi connectivity index (χ1n) is 5.46. The summed E-state index contributed by atoms with van der Waals surface area (Å²) in [5, 5.41) is 22.7. The zero-order chi connectivity index (χ0) is 12.8. The van der Waals surface area contributed by atoms with Crippen LogP contribution in [0.25, 0.3) is 0 Å². The highest BCUT2D eigenvalue weighted by atomic mass is 16.6. The van der Waals surface area contributed by atoms with Crippen LogP contribution in [0.5, 0.6) is 0 Å². The molecule has 0 aromatic heterocycles. The number of hydrogen-bond donors (Lipinski definition) is 3. The first-order chi connectivity index (χ1) is 7.99. The molecule has 6 nitrogen and oxygen atoms in total. The average Bonchev–Trinajstić information content (AvgIpc) is 2.23. The second-order valence-electron chi connectivity index (χ2n) is 3.99. The number of non-ortho nitro benzene ring substituents is 1. The van der Waals surface area contributed by atoms with Crippen LogP contribution in [-0.2, 0) is 0 Å². The van der Waals surface area contributed by atoms with Crippen molar-refractivity contribution in [3.8, 4) is 0 Å². The van der Waals surface area contributed by atoms with Crippen molar-refractivity contribution in [3.05, 3.63) is 28.3 Å². The molecule has 1 unspecified atom stereocenters. The van der Waals surface area contributed by atoms with Gasteiger partial charge >= 0.3 is 0 Å². The van der Waals surface area contributed by atoms with E-state index in [-0.39, 0.29) is 11.8 Å². The lowest BCUT2D eigenvalue weighted by molar-refractivity contribution is -0.384. The van der Waals surface area contributed by atoms with Gasteiger partial charge in [0.05, 0.1) is 11.0 Å². The standard InChI is InChI=1S/C11H17N3O3/c1-8(15)3-2-4-13-10-5-9(12)6-11(7-10)14(16)17/h5-8,13,15H,2-4,12H2,1H3. The van der Waals surface area contributed by atoms with E-state index in [9.17, 15) is 10.1 Å². The lowest BCUT2D eigenvalue weighted by Gasteiger charge is -2.08. The Bertz CT molecular complexity index is 394. The number of nitro groups is 1. The molecule has 1 aromatic rings. The van der Waals surface area contributed by atoms with Crippen LogP contribution < -0.4 is 11.1 Å². The Morgan fingerprint density at radius 1 is 1.53 bits per heavy atom. The number of aliphatic hydroxyl groups excluding tert-OH is 1. The van der Waals surface area contributed by atoms with Gasteiger partial charge in [-0.05, 0) is 25.8 Å². The second-order valence-corrected chi connectivity index (χ2v) is 3.99. The van der Waals surface area contributed by atoms with E-state index in [1.54, 1.807) is 13.0 Å². The number of aliphatic hydroxyl groups is 1. The molecule has 0 bridgehead atoms. The van der Waals surface area contributed by atoms with Crippen molar-refractivity contribution in [1.29, 1.82) is 0 Å². The Kier molecular flexibility index (Phi) is 4.71. The maximum atomic E-state index is 10.6. The normalized spacial score (nSPS) is 12.1. The molecule has 0 spiro atoms. The number of nitrogen functional groups attached to an aromatic ring is 1. The lowest BCUT2D eigenvalue weighted by Crippen LogP contribution is -2.07. The van der Waals surface area contributed by atoms with Crippen LogP contribution >= 0.6 is 0 Å². The number of rotatable bonds is 6. The highest BCUT2D eigenvalue weighted by Gasteiger charge is 2.08. The molecule has 17 heavy (non-hydrogen) atoms. The summed E-state index contributed by atoms with van der Waals surface area (Å²) in [5.74, 6) is 0. The summed E-state index contributed by atoms with van der Waals surface area (Å²) >= 11 is 0. The molecule has 0 saturated carbocycles. The third kappa shape index (κ3) is 4.69. The molecule has 0 fully saturated rings. The van der Waals surface area contributed by atoms with E-state index in [0.717, 1.165) is 6.42 Å². The molecule has 0 amide bonds. The summed E-state index contributed by atoms with van der Waals surface area (Å²) in [4.78, 5) is 10.1.